The number of hydrogen-bond donors (Lipinski definition) is 0. The molecule has 5 nitrogen and oxygen atoms in total. The second-order valence-corrected chi connectivity index (χ2v) is 6.56. The largest absolute Gasteiger partial charge is 0.496 e. The highest BCUT2D eigenvalue weighted by Gasteiger charge is 2.41. The van der Waals surface area contributed by atoms with Gasteiger partial charge in [0.15, 0.2) is 0 Å². The molecule has 0 aliphatic heterocycles. The highest BCUT2D eigenvalue weighted by atomic mass is 35.5. The van der Waals surface area contributed by atoms with E-state index in [4.69, 9.17) is 16.3 Å². The Labute approximate surface area is 152 Å². The molecule has 1 aliphatic rings. The Morgan fingerprint density at radius 1 is 1.24 bits per heavy atom. The average Bonchev–Trinajstić information content (AvgIpc) is 2.54. The van der Waals surface area contributed by atoms with E-state index in [0.717, 1.165) is 0 Å². The molecular weight excluding hydrogens is 342 g/mol. The molecule has 1 saturated carbocycles. The smallest absolute Gasteiger partial charge is 0.226 e. The number of benzene rings is 1. The van der Waals surface area contributed by atoms with Crippen molar-refractivity contribution >= 4 is 29.1 Å². The quantitative estimate of drug-likeness (QED) is 0.612. The van der Waals surface area contributed by atoms with Crippen molar-refractivity contribution in [3.8, 4) is 17.6 Å². The highest BCUT2D eigenvalue weighted by molar-refractivity contribution is 6.33. The van der Waals surface area contributed by atoms with Crippen LogP contribution in [0.2, 0.25) is 5.02 Å². The lowest BCUT2D eigenvalue weighted by Gasteiger charge is -2.28. The normalized spacial score (nSPS) is 19.9. The molecule has 0 heterocycles. The van der Waals surface area contributed by atoms with Crippen molar-refractivity contribution in [1.29, 1.82) is 0 Å². The van der Waals surface area contributed by atoms with Crippen LogP contribution in [0.3, 0.4) is 0 Å². The van der Waals surface area contributed by atoms with Gasteiger partial charge in [-0.25, -0.2) is 0 Å². The fourth-order valence-electron chi connectivity index (χ4n) is 3.09. The average molecular weight is 362 g/mol. The van der Waals surface area contributed by atoms with Crippen molar-refractivity contribution in [2.45, 2.75) is 25.7 Å². The molecule has 25 heavy (non-hydrogen) atoms. The van der Waals surface area contributed by atoms with Crippen LogP contribution in [0.5, 0.6) is 5.75 Å². The van der Waals surface area contributed by atoms with E-state index in [0.29, 0.717) is 16.9 Å². The number of hydrogen-bond acceptors (Lipinski definition) is 4. The standard InChI is InChI=1S/C19H20ClNO4/c1-5-6-11-7-13(20)17(16(8-11)25-4)18-14(22)9-12(10-15(18)23)19(24)21(2)3/h7-8,12,18H,9-10H2,1-4H3. The minimum Gasteiger partial charge on any atom is -0.496 e. The predicted molar refractivity (Wildman–Crippen MR) is 94.7 cm³/mol. The summed E-state index contributed by atoms with van der Waals surface area (Å²) >= 11 is 6.34. The first kappa shape index (κ1) is 19.0. The van der Waals surface area contributed by atoms with Gasteiger partial charge in [0.2, 0.25) is 5.91 Å². The Balaban J connectivity index is 2.42. The first-order valence-corrected chi connectivity index (χ1v) is 8.24. The van der Waals surface area contributed by atoms with E-state index in [2.05, 4.69) is 11.8 Å². The van der Waals surface area contributed by atoms with Crippen LogP contribution in [-0.2, 0) is 14.4 Å². The number of ether oxygens (including phenoxy) is 1. The molecule has 1 fully saturated rings. The number of methoxy groups -OCH3 is 1. The molecule has 0 saturated heterocycles. The second kappa shape index (κ2) is 7.71. The van der Waals surface area contributed by atoms with Crippen LogP contribution in [-0.4, -0.2) is 43.6 Å². The van der Waals surface area contributed by atoms with Gasteiger partial charge in [-0.3, -0.25) is 14.4 Å². The van der Waals surface area contributed by atoms with Crippen LogP contribution in [0.4, 0.5) is 0 Å². The monoisotopic (exact) mass is 361 g/mol. The number of nitrogens with zero attached hydrogens (tertiary/aromatic N) is 1. The lowest BCUT2D eigenvalue weighted by molar-refractivity contribution is -0.143. The number of carbonyl (C=O) groups excluding carboxylic acids is 3. The van der Waals surface area contributed by atoms with Gasteiger partial charge in [0.25, 0.3) is 0 Å². The SMILES string of the molecule is CC#Cc1cc(Cl)c(C2C(=O)CC(C(=O)N(C)C)CC2=O)c(OC)c1. The number of ketones is 2. The molecule has 0 atom stereocenters. The molecule has 2 rings (SSSR count). The maximum atomic E-state index is 12.6. The fraction of sp³-hybridized carbons (Fsp3) is 0.421. The van der Waals surface area contributed by atoms with Gasteiger partial charge in [0, 0.05) is 43.1 Å². The molecule has 0 unspecified atom stereocenters. The zero-order valence-corrected chi connectivity index (χ0v) is 15.4. The van der Waals surface area contributed by atoms with Gasteiger partial charge in [-0.05, 0) is 19.1 Å². The lowest BCUT2D eigenvalue weighted by atomic mass is 9.76. The Morgan fingerprint density at radius 3 is 2.32 bits per heavy atom. The molecule has 0 radical (unpaired) electrons. The molecule has 0 spiro atoms. The summed E-state index contributed by atoms with van der Waals surface area (Å²) in [6.07, 6.45) is 0.0346. The zero-order valence-electron chi connectivity index (χ0n) is 14.7. The summed E-state index contributed by atoms with van der Waals surface area (Å²) in [5, 5.41) is 0.265. The predicted octanol–water partition coefficient (Wildman–Crippen LogP) is 2.44. The van der Waals surface area contributed by atoms with E-state index >= 15 is 0 Å². The van der Waals surface area contributed by atoms with Crippen molar-refractivity contribution in [3.05, 3.63) is 28.3 Å². The molecule has 1 aliphatic carbocycles. The number of rotatable bonds is 3. The van der Waals surface area contributed by atoms with Crippen molar-refractivity contribution in [2.75, 3.05) is 21.2 Å². The minimum atomic E-state index is -1.00. The van der Waals surface area contributed by atoms with Crippen LogP contribution >= 0.6 is 11.6 Å². The van der Waals surface area contributed by atoms with E-state index in [9.17, 15) is 14.4 Å². The molecule has 1 aromatic carbocycles. The third-order valence-electron chi connectivity index (χ3n) is 4.20. The second-order valence-electron chi connectivity index (χ2n) is 6.15. The van der Waals surface area contributed by atoms with Gasteiger partial charge in [-0.2, -0.15) is 0 Å². The summed E-state index contributed by atoms with van der Waals surface area (Å²) in [5.74, 6) is 3.54. The molecule has 0 aromatic heterocycles. The Morgan fingerprint density at radius 2 is 1.84 bits per heavy atom. The molecular formula is C19H20ClNO4. The van der Waals surface area contributed by atoms with Crippen LogP contribution in [0.25, 0.3) is 0 Å². The first-order valence-electron chi connectivity index (χ1n) is 7.86. The summed E-state index contributed by atoms with van der Waals surface area (Å²) in [4.78, 5) is 38.8. The maximum absolute atomic E-state index is 12.6. The molecule has 0 N–H and O–H groups in total. The third-order valence-corrected chi connectivity index (χ3v) is 4.51. The van der Waals surface area contributed by atoms with Crippen LogP contribution in [0.1, 0.15) is 36.8 Å². The fourth-order valence-corrected chi connectivity index (χ4v) is 3.41. The van der Waals surface area contributed by atoms with Gasteiger partial charge in [0.1, 0.15) is 23.2 Å². The van der Waals surface area contributed by atoms with Crippen LogP contribution < -0.4 is 4.74 Å². The Hall–Kier alpha value is -2.32. The Kier molecular flexibility index (Phi) is 5.86. The molecule has 132 valence electrons. The lowest BCUT2D eigenvalue weighted by Crippen LogP contribution is -2.39. The van der Waals surface area contributed by atoms with Crippen molar-refractivity contribution < 1.29 is 19.1 Å². The van der Waals surface area contributed by atoms with Gasteiger partial charge in [0.05, 0.1) is 13.0 Å². The van der Waals surface area contributed by atoms with E-state index in [1.807, 2.05) is 0 Å². The van der Waals surface area contributed by atoms with Gasteiger partial charge in [-0.1, -0.05) is 17.5 Å². The van der Waals surface area contributed by atoms with E-state index in [1.54, 1.807) is 33.2 Å². The first-order chi connectivity index (χ1) is 11.8. The van der Waals surface area contributed by atoms with Crippen LogP contribution in [0, 0.1) is 17.8 Å². The van der Waals surface area contributed by atoms with Crippen molar-refractivity contribution in [1.82, 2.24) is 4.90 Å². The number of amides is 1. The third kappa shape index (κ3) is 3.85. The van der Waals surface area contributed by atoms with E-state index < -0.39 is 11.8 Å². The van der Waals surface area contributed by atoms with Crippen molar-refractivity contribution in [2.24, 2.45) is 5.92 Å². The maximum Gasteiger partial charge on any atom is 0.226 e. The Bertz CT molecular complexity index is 771. The minimum absolute atomic E-state index is 0.0173. The number of carbonyl (C=O) groups is 3. The van der Waals surface area contributed by atoms with Crippen LogP contribution in [0.15, 0.2) is 12.1 Å². The highest BCUT2D eigenvalue weighted by Crippen LogP contribution is 2.40. The van der Waals surface area contributed by atoms with E-state index in [1.165, 1.54) is 12.0 Å². The number of Topliss-reactive ketones (excluding diaryl/α,β-unsaturated/α-hetero) is 2. The molecule has 0 bridgehead atoms. The molecule has 1 amide bonds. The summed E-state index contributed by atoms with van der Waals surface area (Å²) in [6.45, 7) is 1.70. The van der Waals surface area contributed by atoms with Gasteiger partial charge >= 0.3 is 0 Å². The summed E-state index contributed by atoms with van der Waals surface area (Å²) in [6, 6.07) is 3.28. The zero-order chi connectivity index (χ0) is 18.7. The summed E-state index contributed by atoms with van der Waals surface area (Å²) in [7, 11) is 4.67. The van der Waals surface area contributed by atoms with Gasteiger partial charge in [-0.15, -0.1) is 5.92 Å². The topological polar surface area (TPSA) is 63.7 Å². The number of halogens is 1. The van der Waals surface area contributed by atoms with Gasteiger partial charge < -0.3 is 9.64 Å². The summed E-state index contributed by atoms with van der Waals surface area (Å²) in [5.41, 5.74) is 1.00. The molecule has 6 heteroatoms. The molecule has 1 aromatic rings. The van der Waals surface area contributed by atoms with E-state index in [-0.39, 0.29) is 35.3 Å². The summed E-state index contributed by atoms with van der Waals surface area (Å²) < 4.78 is 5.34. The van der Waals surface area contributed by atoms with Crippen molar-refractivity contribution in [3.63, 3.8) is 0 Å².